The average molecular weight is 542 g/mol. The van der Waals surface area contributed by atoms with Gasteiger partial charge in [-0.05, 0) is 0 Å². The standard InChI is InChI=1S/C23H27IO5S/c1-22(2)17-13-14-23(22,21(25)15-17)16-30(26,27)29-24(18-7-5-4-6-8-18)19-9-11-20(28-3)12-10-19/h4-12,17H,13-16H2,1-3H3. The molecule has 5 nitrogen and oxygen atoms in total. The van der Waals surface area contributed by atoms with Crippen LogP contribution in [0.25, 0.3) is 0 Å². The van der Waals surface area contributed by atoms with Crippen molar-refractivity contribution in [2.75, 3.05) is 12.9 Å². The van der Waals surface area contributed by atoms with Crippen LogP contribution in [0.1, 0.15) is 33.1 Å². The Labute approximate surface area is 186 Å². The molecule has 0 aliphatic heterocycles. The molecule has 2 fully saturated rings. The fourth-order valence-electron chi connectivity index (χ4n) is 4.94. The van der Waals surface area contributed by atoms with Crippen LogP contribution >= 0.6 is 20.2 Å². The van der Waals surface area contributed by atoms with Crippen LogP contribution in [0.5, 0.6) is 5.75 Å². The SMILES string of the molecule is COc1ccc(I(OS(=O)(=O)CC23CCC(CC2=O)C3(C)C)c2ccccc2)cc1. The molecule has 0 saturated heterocycles. The molecule has 0 aromatic heterocycles. The van der Waals surface area contributed by atoms with E-state index in [2.05, 4.69) is 0 Å². The molecule has 0 radical (unpaired) electrons. The fourth-order valence-corrected chi connectivity index (χ4v) is 12.7. The molecule has 2 aliphatic carbocycles. The van der Waals surface area contributed by atoms with Gasteiger partial charge < -0.3 is 0 Å². The summed E-state index contributed by atoms with van der Waals surface area (Å²) >= 11 is -2.74. The van der Waals surface area contributed by atoms with Gasteiger partial charge in [0.25, 0.3) is 0 Å². The Bertz CT molecular complexity index is 1030. The molecular weight excluding hydrogens is 515 g/mol. The summed E-state index contributed by atoms with van der Waals surface area (Å²) in [5.74, 6) is 0.838. The number of carbonyl (C=O) groups excluding carboxylic acids is 1. The van der Waals surface area contributed by atoms with Crippen molar-refractivity contribution >= 4 is 36.1 Å². The zero-order valence-corrected chi connectivity index (χ0v) is 20.4. The topological polar surface area (TPSA) is 69.7 Å². The first-order chi connectivity index (χ1) is 14.2. The normalized spacial score (nSPS) is 25.4. The summed E-state index contributed by atoms with van der Waals surface area (Å²) < 4.78 is 39.6. The summed E-state index contributed by atoms with van der Waals surface area (Å²) in [7, 11) is -2.31. The van der Waals surface area contributed by atoms with Crippen LogP contribution in [0.15, 0.2) is 54.6 Å². The minimum absolute atomic E-state index is 0.0837. The molecule has 0 spiro atoms. The van der Waals surface area contributed by atoms with Crippen LogP contribution in [-0.4, -0.2) is 27.1 Å². The molecule has 30 heavy (non-hydrogen) atoms. The van der Waals surface area contributed by atoms with Gasteiger partial charge in [-0.15, -0.1) is 0 Å². The van der Waals surface area contributed by atoms with Gasteiger partial charge in [-0.1, -0.05) is 0 Å². The van der Waals surface area contributed by atoms with Crippen LogP contribution in [0.4, 0.5) is 0 Å². The Morgan fingerprint density at radius 2 is 1.67 bits per heavy atom. The first-order valence-electron chi connectivity index (χ1n) is 10.0. The van der Waals surface area contributed by atoms with E-state index in [1.165, 1.54) is 0 Å². The molecule has 2 aromatic rings. The van der Waals surface area contributed by atoms with Gasteiger partial charge in [0.1, 0.15) is 0 Å². The molecule has 0 amide bonds. The van der Waals surface area contributed by atoms with E-state index < -0.39 is 35.8 Å². The monoisotopic (exact) mass is 542 g/mol. The third-order valence-electron chi connectivity index (χ3n) is 6.90. The maximum absolute atomic E-state index is 13.3. The van der Waals surface area contributed by atoms with Crippen LogP contribution < -0.4 is 4.74 Å². The second-order valence-electron chi connectivity index (χ2n) is 8.63. The predicted octanol–water partition coefficient (Wildman–Crippen LogP) is 4.90. The van der Waals surface area contributed by atoms with Crippen molar-refractivity contribution in [1.29, 1.82) is 0 Å². The molecule has 2 unspecified atom stereocenters. The van der Waals surface area contributed by atoms with Gasteiger partial charge >= 0.3 is 187 Å². The van der Waals surface area contributed by atoms with Crippen molar-refractivity contribution in [3.8, 4) is 5.75 Å². The number of benzene rings is 2. The zero-order valence-electron chi connectivity index (χ0n) is 17.4. The summed E-state index contributed by atoms with van der Waals surface area (Å²) in [6, 6.07) is 16.9. The van der Waals surface area contributed by atoms with Crippen LogP contribution in [0, 0.1) is 23.9 Å². The number of hydrogen-bond donors (Lipinski definition) is 0. The van der Waals surface area contributed by atoms with Gasteiger partial charge in [-0.3, -0.25) is 0 Å². The molecule has 2 aromatic carbocycles. The van der Waals surface area contributed by atoms with E-state index in [1.54, 1.807) is 7.11 Å². The van der Waals surface area contributed by atoms with E-state index in [4.69, 9.17) is 7.25 Å². The second kappa shape index (κ2) is 7.91. The van der Waals surface area contributed by atoms with Crippen LogP contribution in [0.3, 0.4) is 0 Å². The van der Waals surface area contributed by atoms with E-state index in [9.17, 15) is 13.2 Å². The molecule has 4 rings (SSSR count). The van der Waals surface area contributed by atoms with Crippen molar-refractivity contribution in [3.63, 3.8) is 0 Å². The van der Waals surface area contributed by atoms with Crippen molar-refractivity contribution in [2.45, 2.75) is 33.1 Å². The van der Waals surface area contributed by atoms with Gasteiger partial charge in [-0.25, -0.2) is 0 Å². The van der Waals surface area contributed by atoms with Gasteiger partial charge in [0.15, 0.2) is 0 Å². The van der Waals surface area contributed by atoms with Crippen LogP contribution in [0.2, 0.25) is 0 Å². The number of Topliss-reactive ketones (excluding diaryl/α,β-unsaturated/α-hetero) is 1. The molecular formula is C23H27IO5S. The number of fused-ring (bicyclic) bond motifs is 2. The van der Waals surface area contributed by atoms with E-state index in [1.807, 2.05) is 68.4 Å². The van der Waals surface area contributed by atoms with Crippen molar-refractivity contribution in [3.05, 3.63) is 61.7 Å². The first-order valence-corrected chi connectivity index (χ1v) is 14.7. The number of ketones is 1. The van der Waals surface area contributed by atoms with Gasteiger partial charge in [0, 0.05) is 0 Å². The summed E-state index contributed by atoms with van der Waals surface area (Å²) in [5.41, 5.74) is -1.14. The number of carbonyl (C=O) groups is 1. The van der Waals surface area contributed by atoms with E-state index in [-0.39, 0.29) is 22.9 Å². The van der Waals surface area contributed by atoms with Gasteiger partial charge in [0.05, 0.1) is 0 Å². The second-order valence-corrected chi connectivity index (χ2v) is 15.2. The van der Waals surface area contributed by atoms with Crippen molar-refractivity contribution in [1.82, 2.24) is 0 Å². The number of ether oxygens (including phenoxy) is 1. The predicted molar refractivity (Wildman–Crippen MR) is 124 cm³/mol. The molecule has 0 N–H and O–H groups in total. The molecule has 2 bridgehead atoms. The Hall–Kier alpha value is -1.45. The quantitative estimate of drug-likeness (QED) is 0.466. The molecule has 2 saturated carbocycles. The summed E-state index contributed by atoms with van der Waals surface area (Å²) in [5, 5.41) is 0. The summed E-state index contributed by atoms with van der Waals surface area (Å²) in [4.78, 5) is 12.8. The Morgan fingerprint density at radius 3 is 2.20 bits per heavy atom. The zero-order chi connectivity index (χ0) is 21.6. The average Bonchev–Trinajstić information content (AvgIpc) is 3.07. The van der Waals surface area contributed by atoms with Gasteiger partial charge in [0.2, 0.25) is 0 Å². The maximum atomic E-state index is 13.3. The number of hydrogen-bond acceptors (Lipinski definition) is 5. The van der Waals surface area contributed by atoms with Crippen molar-refractivity contribution in [2.24, 2.45) is 16.7 Å². The summed E-state index contributed by atoms with van der Waals surface area (Å²) in [6.07, 6.45) is 2.03. The first kappa shape index (κ1) is 21.8. The molecule has 7 heteroatoms. The number of rotatable bonds is 7. The molecule has 2 atom stereocenters. The Kier molecular flexibility index (Phi) is 5.74. The number of methoxy groups -OCH3 is 1. The Morgan fingerprint density at radius 1 is 1.03 bits per heavy atom. The van der Waals surface area contributed by atoms with E-state index in [0.29, 0.717) is 18.6 Å². The third kappa shape index (κ3) is 3.69. The van der Waals surface area contributed by atoms with Gasteiger partial charge in [-0.2, -0.15) is 0 Å². The van der Waals surface area contributed by atoms with E-state index in [0.717, 1.165) is 13.6 Å². The minimum atomic E-state index is -3.91. The Balaban J connectivity index is 1.66. The van der Waals surface area contributed by atoms with Crippen LogP contribution in [-0.2, 0) is 17.4 Å². The summed E-state index contributed by atoms with van der Waals surface area (Å²) in [6.45, 7) is 4.09. The van der Waals surface area contributed by atoms with Crippen molar-refractivity contribution < 1.29 is 20.5 Å². The third-order valence-corrected chi connectivity index (χ3v) is 14.5. The molecule has 0 heterocycles. The van der Waals surface area contributed by atoms with E-state index >= 15 is 0 Å². The number of halogens is 1. The fraction of sp³-hybridized carbons (Fsp3) is 0.435. The molecule has 2 aliphatic rings. The molecule has 162 valence electrons.